The van der Waals surface area contributed by atoms with Crippen molar-refractivity contribution in [3.8, 4) is 11.5 Å². The highest BCUT2D eigenvalue weighted by Gasteiger charge is 2.04. The van der Waals surface area contributed by atoms with Gasteiger partial charge in [0.25, 0.3) is 0 Å². The lowest BCUT2D eigenvalue weighted by atomic mass is 10.0. The second-order valence-electron chi connectivity index (χ2n) is 9.78. The fourth-order valence-electron chi connectivity index (χ4n) is 4.64. The zero-order valence-electron chi connectivity index (χ0n) is 21.5. The summed E-state index contributed by atoms with van der Waals surface area (Å²) in [6.45, 7) is 2.30. The number of para-hydroxylation sites is 2. The number of benzene rings is 2. The summed E-state index contributed by atoms with van der Waals surface area (Å²) in [6, 6.07) is 18.6. The van der Waals surface area contributed by atoms with Crippen molar-refractivity contribution >= 4 is 0 Å². The van der Waals surface area contributed by atoms with E-state index in [1.807, 2.05) is 30.3 Å². The standard InChI is InChI=1S/C32H50O/c1-2-3-4-5-6-7-8-9-10-11-12-13-14-15-16-17-18-20-25-30-26-23-24-29-32(30)33-31-27-21-19-22-28-31/h19,21-24,26-29H,2-18,20,25H2,1H3. The van der Waals surface area contributed by atoms with Crippen LogP contribution in [0.5, 0.6) is 11.5 Å². The fraction of sp³-hybridized carbons (Fsp3) is 0.625. The molecule has 0 unspecified atom stereocenters. The maximum atomic E-state index is 6.10. The summed E-state index contributed by atoms with van der Waals surface area (Å²) in [7, 11) is 0. The van der Waals surface area contributed by atoms with Gasteiger partial charge in [-0.3, -0.25) is 0 Å². The predicted molar refractivity (Wildman–Crippen MR) is 145 cm³/mol. The highest BCUT2D eigenvalue weighted by atomic mass is 16.5. The van der Waals surface area contributed by atoms with E-state index in [2.05, 4.69) is 31.2 Å². The first kappa shape index (κ1) is 27.5. The summed E-state index contributed by atoms with van der Waals surface area (Å²) in [5.74, 6) is 1.93. The molecule has 0 N–H and O–H groups in total. The monoisotopic (exact) mass is 450 g/mol. The average molecular weight is 451 g/mol. The Kier molecular flexibility index (Phi) is 16.4. The first-order chi connectivity index (χ1) is 16.4. The van der Waals surface area contributed by atoms with Gasteiger partial charge in [0.05, 0.1) is 0 Å². The lowest BCUT2D eigenvalue weighted by Gasteiger charge is -2.11. The maximum Gasteiger partial charge on any atom is 0.130 e. The van der Waals surface area contributed by atoms with Crippen LogP contribution < -0.4 is 4.74 Å². The first-order valence-electron chi connectivity index (χ1n) is 14.2. The molecule has 0 fully saturated rings. The Morgan fingerprint density at radius 3 is 1.39 bits per heavy atom. The van der Waals surface area contributed by atoms with E-state index in [1.165, 1.54) is 121 Å². The van der Waals surface area contributed by atoms with Crippen molar-refractivity contribution in [2.75, 3.05) is 0 Å². The molecular formula is C32H50O. The molecule has 0 saturated heterocycles. The molecular weight excluding hydrogens is 400 g/mol. The normalized spacial score (nSPS) is 11.1. The minimum Gasteiger partial charge on any atom is -0.457 e. The van der Waals surface area contributed by atoms with Crippen LogP contribution in [-0.4, -0.2) is 0 Å². The molecule has 0 aliphatic rings. The van der Waals surface area contributed by atoms with Gasteiger partial charge in [-0.15, -0.1) is 0 Å². The van der Waals surface area contributed by atoms with Gasteiger partial charge >= 0.3 is 0 Å². The third-order valence-electron chi connectivity index (χ3n) is 6.74. The van der Waals surface area contributed by atoms with Crippen LogP contribution in [0.2, 0.25) is 0 Å². The molecule has 0 heterocycles. The van der Waals surface area contributed by atoms with Crippen molar-refractivity contribution in [3.63, 3.8) is 0 Å². The Bertz CT molecular complexity index is 678. The molecule has 0 radical (unpaired) electrons. The molecule has 0 amide bonds. The quantitative estimate of drug-likeness (QED) is 0.172. The van der Waals surface area contributed by atoms with Gasteiger partial charge in [0.15, 0.2) is 0 Å². The highest BCUT2D eigenvalue weighted by Crippen LogP contribution is 2.26. The van der Waals surface area contributed by atoms with Crippen LogP contribution in [0.3, 0.4) is 0 Å². The van der Waals surface area contributed by atoms with E-state index in [1.54, 1.807) is 0 Å². The third kappa shape index (κ3) is 14.2. The maximum absolute atomic E-state index is 6.10. The minimum absolute atomic E-state index is 0.919. The Morgan fingerprint density at radius 2 is 0.879 bits per heavy atom. The van der Waals surface area contributed by atoms with E-state index in [-0.39, 0.29) is 0 Å². The minimum atomic E-state index is 0.919. The Hall–Kier alpha value is -1.76. The van der Waals surface area contributed by atoms with Crippen LogP contribution in [0.25, 0.3) is 0 Å². The highest BCUT2D eigenvalue weighted by molar-refractivity contribution is 5.37. The molecule has 184 valence electrons. The molecule has 33 heavy (non-hydrogen) atoms. The fourth-order valence-corrected chi connectivity index (χ4v) is 4.64. The van der Waals surface area contributed by atoms with Crippen LogP contribution in [0.4, 0.5) is 0 Å². The molecule has 2 aromatic carbocycles. The van der Waals surface area contributed by atoms with Gasteiger partial charge in [0, 0.05) is 0 Å². The van der Waals surface area contributed by atoms with Crippen LogP contribution in [-0.2, 0) is 6.42 Å². The largest absolute Gasteiger partial charge is 0.457 e. The van der Waals surface area contributed by atoms with E-state index in [9.17, 15) is 0 Å². The van der Waals surface area contributed by atoms with E-state index < -0.39 is 0 Å². The molecule has 2 aromatic rings. The molecule has 0 aliphatic carbocycles. The van der Waals surface area contributed by atoms with Crippen LogP contribution >= 0.6 is 0 Å². The topological polar surface area (TPSA) is 9.23 Å². The lowest BCUT2D eigenvalue weighted by molar-refractivity contribution is 0.474. The summed E-state index contributed by atoms with van der Waals surface area (Å²) in [5, 5.41) is 0. The van der Waals surface area contributed by atoms with Gasteiger partial charge in [-0.2, -0.15) is 0 Å². The van der Waals surface area contributed by atoms with Gasteiger partial charge in [-0.05, 0) is 36.6 Å². The Morgan fingerprint density at radius 1 is 0.455 bits per heavy atom. The number of rotatable bonds is 21. The van der Waals surface area contributed by atoms with Gasteiger partial charge in [-0.25, -0.2) is 0 Å². The molecule has 0 spiro atoms. The lowest BCUT2D eigenvalue weighted by Crippen LogP contribution is -1.92. The predicted octanol–water partition coefficient (Wildman–Crippen LogP) is 11.1. The summed E-state index contributed by atoms with van der Waals surface area (Å²) < 4.78 is 6.10. The van der Waals surface area contributed by atoms with E-state index in [0.717, 1.165) is 17.9 Å². The summed E-state index contributed by atoms with van der Waals surface area (Å²) in [4.78, 5) is 0. The molecule has 1 nitrogen and oxygen atoms in total. The van der Waals surface area contributed by atoms with Crippen LogP contribution in [0.15, 0.2) is 54.6 Å². The van der Waals surface area contributed by atoms with Crippen LogP contribution in [0.1, 0.15) is 128 Å². The summed E-state index contributed by atoms with van der Waals surface area (Å²) in [6.07, 6.45) is 26.7. The zero-order valence-corrected chi connectivity index (χ0v) is 21.5. The van der Waals surface area contributed by atoms with Crippen molar-refractivity contribution in [1.29, 1.82) is 0 Å². The smallest absolute Gasteiger partial charge is 0.130 e. The molecule has 0 saturated carbocycles. The summed E-state index contributed by atoms with van der Waals surface area (Å²) >= 11 is 0. The molecule has 0 atom stereocenters. The second kappa shape index (κ2) is 19.7. The molecule has 2 rings (SSSR count). The molecule has 0 aliphatic heterocycles. The first-order valence-corrected chi connectivity index (χ1v) is 14.2. The summed E-state index contributed by atoms with van der Waals surface area (Å²) in [5.41, 5.74) is 1.33. The number of hydrogen-bond donors (Lipinski definition) is 0. The molecule has 1 heteroatoms. The van der Waals surface area contributed by atoms with Gasteiger partial charge in [0.2, 0.25) is 0 Å². The average Bonchev–Trinajstić information content (AvgIpc) is 2.85. The van der Waals surface area contributed by atoms with Crippen molar-refractivity contribution in [1.82, 2.24) is 0 Å². The van der Waals surface area contributed by atoms with E-state index >= 15 is 0 Å². The van der Waals surface area contributed by atoms with Gasteiger partial charge in [0.1, 0.15) is 11.5 Å². The number of ether oxygens (including phenoxy) is 1. The second-order valence-corrected chi connectivity index (χ2v) is 9.78. The Balaban J connectivity index is 1.38. The van der Waals surface area contributed by atoms with Gasteiger partial charge in [-0.1, -0.05) is 152 Å². The van der Waals surface area contributed by atoms with Crippen molar-refractivity contribution in [3.05, 3.63) is 60.2 Å². The molecule has 0 aromatic heterocycles. The SMILES string of the molecule is CCCCCCCCCCCCCCCCCCCCc1ccccc1Oc1ccccc1. The number of aryl methyl sites for hydroxylation is 1. The zero-order chi connectivity index (χ0) is 23.2. The van der Waals surface area contributed by atoms with Crippen LogP contribution in [0, 0.1) is 0 Å². The molecule has 0 bridgehead atoms. The van der Waals surface area contributed by atoms with Crippen molar-refractivity contribution < 1.29 is 4.74 Å². The van der Waals surface area contributed by atoms with E-state index in [4.69, 9.17) is 4.74 Å². The van der Waals surface area contributed by atoms with E-state index in [0.29, 0.717) is 0 Å². The third-order valence-corrected chi connectivity index (χ3v) is 6.74. The van der Waals surface area contributed by atoms with Crippen molar-refractivity contribution in [2.24, 2.45) is 0 Å². The number of unbranched alkanes of at least 4 members (excludes halogenated alkanes) is 17. The van der Waals surface area contributed by atoms with Gasteiger partial charge < -0.3 is 4.74 Å². The number of hydrogen-bond acceptors (Lipinski definition) is 1. The Labute approximate surface area is 205 Å². The van der Waals surface area contributed by atoms with Crippen molar-refractivity contribution in [2.45, 2.75) is 129 Å².